The number of ether oxygens (including phenoxy) is 2. The number of likely N-dealkylation sites (tertiary alicyclic amines) is 1. The first-order valence-electron chi connectivity index (χ1n) is 8.24. The molecule has 0 unspecified atom stereocenters. The van der Waals surface area contributed by atoms with Gasteiger partial charge in [0, 0.05) is 24.6 Å². The van der Waals surface area contributed by atoms with Gasteiger partial charge in [-0.1, -0.05) is 6.07 Å². The predicted octanol–water partition coefficient (Wildman–Crippen LogP) is 2.19. The van der Waals surface area contributed by atoms with E-state index in [1.54, 1.807) is 12.1 Å². The zero-order valence-corrected chi connectivity index (χ0v) is 14.3. The van der Waals surface area contributed by atoms with Crippen LogP contribution in [0.5, 0.6) is 17.2 Å². The maximum atomic E-state index is 13.3. The summed E-state index contributed by atoms with van der Waals surface area (Å²) in [4.78, 5) is 14.0. The minimum atomic E-state index is -0.903. The Hall–Kier alpha value is -2.80. The predicted molar refractivity (Wildman–Crippen MR) is 92.0 cm³/mol. The van der Waals surface area contributed by atoms with Gasteiger partial charge in [-0.25, -0.2) is 4.39 Å². The van der Waals surface area contributed by atoms with Gasteiger partial charge in [0.15, 0.2) is 11.5 Å². The molecule has 1 amide bonds. The molecule has 2 aromatic rings. The number of hydrogen-bond donors (Lipinski definition) is 2. The Morgan fingerprint density at radius 2 is 2.04 bits per heavy atom. The van der Waals surface area contributed by atoms with E-state index >= 15 is 0 Å². The average molecular weight is 361 g/mol. The first-order chi connectivity index (χ1) is 12.5. The van der Waals surface area contributed by atoms with Crippen LogP contribution in [0.1, 0.15) is 16.8 Å². The standard InChI is InChI=1S/C19H20FNO5/c1-25-18-10-13(20)5-6-17(18)26-16-7-8-21(11-15(16)23)19(24)12-3-2-4-14(22)9-12/h2-6,9-10,15-16,22-23H,7-8,11H2,1H3/t15-,16-/m1/s1. The minimum absolute atomic E-state index is 0.0121. The molecule has 0 aliphatic carbocycles. The van der Waals surface area contributed by atoms with E-state index in [9.17, 15) is 19.4 Å². The van der Waals surface area contributed by atoms with E-state index in [0.717, 1.165) is 0 Å². The van der Waals surface area contributed by atoms with E-state index in [4.69, 9.17) is 9.47 Å². The number of phenols is 1. The third kappa shape index (κ3) is 3.88. The normalized spacial score (nSPS) is 19.9. The largest absolute Gasteiger partial charge is 0.508 e. The summed E-state index contributed by atoms with van der Waals surface area (Å²) in [6, 6.07) is 10.00. The molecule has 0 radical (unpaired) electrons. The van der Waals surface area contributed by atoms with Crippen molar-refractivity contribution in [3.05, 3.63) is 53.8 Å². The molecule has 26 heavy (non-hydrogen) atoms. The fourth-order valence-corrected chi connectivity index (χ4v) is 2.96. The molecular formula is C19H20FNO5. The van der Waals surface area contributed by atoms with Crippen LogP contribution in [0.3, 0.4) is 0 Å². The summed E-state index contributed by atoms with van der Waals surface area (Å²) in [6.45, 7) is 0.488. The van der Waals surface area contributed by atoms with Gasteiger partial charge in [0.2, 0.25) is 0 Å². The molecule has 2 N–H and O–H groups in total. The SMILES string of the molecule is COc1cc(F)ccc1O[C@@H]1CCN(C(=O)c2cccc(O)c2)C[C@H]1O. The summed E-state index contributed by atoms with van der Waals surface area (Å²) >= 11 is 0. The number of phenolic OH excluding ortho intramolecular Hbond substituents is 1. The summed E-state index contributed by atoms with van der Waals surface area (Å²) in [7, 11) is 1.41. The number of amides is 1. The van der Waals surface area contributed by atoms with Crippen LogP contribution in [-0.2, 0) is 0 Å². The van der Waals surface area contributed by atoms with E-state index in [0.29, 0.717) is 24.3 Å². The molecule has 2 atom stereocenters. The maximum absolute atomic E-state index is 13.3. The second-order valence-electron chi connectivity index (χ2n) is 6.11. The lowest BCUT2D eigenvalue weighted by Crippen LogP contribution is -2.51. The van der Waals surface area contributed by atoms with Gasteiger partial charge in [0.1, 0.15) is 23.8 Å². The number of aromatic hydroxyl groups is 1. The van der Waals surface area contributed by atoms with Gasteiger partial charge in [-0.2, -0.15) is 0 Å². The summed E-state index contributed by atoms with van der Waals surface area (Å²) in [5, 5.41) is 19.9. The van der Waals surface area contributed by atoms with Crippen LogP contribution in [0, 0.1) is 5.82 Å². The van der Waals surface area contributed by atoms with Crippen molar-refractivity contribution in [2.45, 2.75) is 18.6 Å². The van der Waals surface area contributed by atoms with Gasteiger partial charge in [0.05, 0.1) is 13.7 Å². The molecule has 1 saturated heterocycles. The maximum Gasteiger partial charge on any atom is 0.254 e. The fourth-order valence-electron chi connectivity index (χ4n) is 2.96. The van der Waals surface area contributed by atoms with Crippen molar-refractivity contribution in [1.29, 1.82) is 0 Å². The highest BCUT2D eigenvalue weighted by Crippen LogP contribution is 2.30. The van der Waals surface area contributed by atoms with E-state index in [2.05, 4.69) is 0 Å². The molecule has 6 nitrogen and oxygen atoms in total. The zero-order valence-electron chi connectivity index (χ0n) is 14.3. The number of piperidine rings is 1. The van der Waals surface area contributed by atoms with Crippen LogP contribution >= 0.6 is 0 Å². The molecule has 2 aromatic carbocycles. The molecule has 7 heteroatoms. The molecule has 0 aromatic heterocycles. The molecule has 0 saturated carbocycles. The second-order valence-corrected chi connectivity index (χ2v) is 6.11. The summed E-state index contributed by atoms with van der Waals surface area (Å²) < 4.78 is 24.1. The molecule has 1 fully saturated rings. The summed E-state index contributed by atoms with van der Waals surface area (Å²) in [5.74, 6) is -0.113. The Morgan fingerprint density at radius 1 is 1.23 bits per heavy atom. The monoisotopic (exact) mass is 361 g/mol. The number of aliphatic hydroxyl groups excluding tert-OH is 1. The number of aliphatic hydroxyl groups is 1. The average Bonchev–Trinajstić information content (AvgIpc) is 2.64. The Morgan fingerprint density at radius 3 is 2.73 bits per heavy atom. The van der Waals surface area contributed by atoms with Crippen molar-refractivity contribution in [1.82, 2.24) is 4.90 Å². The Kier molecular flexibility index (Phi) is 5.27. The molecule has 0 bridgehead atoms. The Labute approximate surface area is 150 Å². The van der Waals surface area contributed by atoms with Gasteiger partial charge in [-0.15, -0.1) is 0 Å². The van der Waals surface area contributed by atoms with Crippen LogP contribution in [0.4, 0.5) is 4.39 Å². The van der Waals surface area contributed by atoms with Gasteiger partial charge < -0.3 is 24.6 Å². The molecule has 3 rings (SSSR count). The number of rotatable bonds is 4. The lowest BCUT2D eigenvalue weighted by molar-refractivity contribution is -0.0207. The van der Waals surface area contributed by atoms with Gasteiger partial charge >= 0.3 is 0 Å². The number of benzene rings is 2. The Bertz CT molecular complexity index is 797. The molecule has 0 spiro atoms. The number of halogens is 1. The van der Waals surface area contributed by atoms with Crippen molar-refractivity contribution >= 4 is 5.91 Å². The van der Waals surface area contributed by atoms with Crippen molar-refractivity contribution in [3.8, 4) is 17.2 Å². The van der Waals surface area contributed by atoms with E-state index in [-0.39, 0.29) is 24.0 Å². The number of β-amino-alcohol motifs (C(OH)–C–C–N with tert-alkyl or cyclic N) is 1. The van der Waals surface area contributed by atoms with E-state index in [1.807, 2.05) is 0 Å². The van der Waals surface area contributed by atoms with E-state index in [1.165, 1.54) is 42.3 Å². The summed E-state index contributed by atoms with van der Waals surface area (Å²) in [5.41, 5.74) is 0.358. The fraction of sp³-hybridized carbons (Fsp3) is 0.316. The number of carbonyl (C=O) groups excluding carboxylic acids is 1. The minimum Gasteiger partial charge on any atom is -0.508 e. The highest BCUT2D eigenvalue weighted by atomic mass is 19.1. The molecule has 1 heterocycles. The first-order valence-corrected chi connectivity index (χ1v) is 8.24. The lowest BCUT2D eigenvalue weighted by atomic mass is 10.0. The highest BCUT2D eigenvalue weighted by Gasteiger charge is 2.32. The molecule has 1 aliphatic heterocycles. The number of carbonyl (C=O) groups is 1. The molecule has 138 valence electrons. The van der Waals surface area contributed by atoms with Crippen molar-refractivity contribution in [3.63, 3.8) is 0 Å². The van der Waals surface area contributed by atoms with Gasteiger partial charge in [-0.05, 0) is 30.3 Å². The Balaban J connectivity index is 1.66. The van der Waals surface area contributed by atoms with E-state index < -0.39 is 18.0 Å². The first kappa shape index (κ1) is 18.0. The number of methoxy groups -OCH3 is 1. The quantitative estimate of drug-likeness (QED) is 0.873. The second kappa shape index (κ2) is 7.61. The van der Waals surface area contributed by atoms with Crippen LogP contribution in [0.15, 0.2) is 42.5 Å². The number of hydrogen-bond acceptors (Lipinski definition) is 5. The van der Waals surface area contributed by atoms with Gasteiger partial charge in [-0.3, -0.25) is 4.79 Å². The topological polar surface area (TPSA) is 79.2 Å². The number of nitrogens with zero attached hydrogens (tertiary/aromatic N) is 1. The third-order valence-corrected chi connectivity index (χ3v) is 4.30. The smallest absolute Gasteiger partial charge is 0.254 e. The molecule has 1 aliphatic rings. The lowest BCUT2D eigenvalue weighted by Gasteiger charge is -2.36. The highest BCUT2D eigenvalue weighted by molar-refractivity contribution is 5.94. The van der Waals surface area contributed by atoms with Crippen molar-refractivity contribution < 1.29 is 28.9 Å². The molecular weight excluding hydrogens is 341 g/mol. The zero-order chi connectivity index (χ0) is 18.7. The summed E-state index contributed by atoms with van der Waals surface area (Å²) in [6.07, 6.45) is -1.03. The van der Waals surface area contributed by atoms with Crippen LogP contribution in [0.25, 0.3) is 0 Å². The van der Waals surface area contributed by atoms with Crippen molar-refractivity contribution in [2.75, 3.05) is 20.2 Å². The van der Waals surface area contributed by atoms with Gasteiger partial charge in [0.25, 0.3) is 5.91 Å². The van der Waals surface area contributed by atoms with Crippen LogP contribution in [0.2, 0.25) is 0 Å². The third-order valence-electron chi connectivity index (χ3n) is 4.30. The van der Waals surface area contributed by atoms with Crippen molar-refractivity contribution in [2.24, 2.45) is 0 Å². The van der Waals surface area contributed by atoms with Crippen LogP contribution in [-0.4, -0.2) is 53.4 Å². The van der Waals surface area contributed by atoms with Crippen LogP contribution < -0.4 is 9.47 Å².